The summed E-state index contributed by atoms with van der Waals surface area (Å²) in [5, 5.41) is 12.6. The highest BCUT2D eigenvalue weighted by molar-refractivity contribution is 5.98. The minimum absolute atomic E-state index is 0.0511. The number of halogens is 1. The second-order valence-electron chi connectivity index (χ2n) is 7.75. The van der Waals surface area contributed by atoms with Gasteiger partial charge in [-0.2, -0.15) is 0 Å². The van der Waals surface area contributed by atoms with Gasteiger partial charge in [0.05, 0.1) is 17.9 Å². The third-order valence-electron chi connectivity index (χ3n) is 4.20. The maximum atomic E-state index is 13.3. The fourth-order valence-electron chi connectivity index (χ4n) is 2.88. The molecule has 0 aliphatic rings. The van der Waals surface area contributed by atoms with Crippen molar-refractivity contribution in [2.24, 2.45) is 0 Å². The maximum absolute atomic E-state index is 13.3. The van der Waals surface area contributed by atoms with Crippen LogP contribution < -0.4 is 5.32 Å². The molecule has 0 spiro atoms. The Morgan fingerprint density at radius 2 is 1.69 bits per heavy atom. The summed E-state index contributed by atoms with van der Waals surface area (Å²) in [5.41, 5.74) is 3.54. The Hall–Kier alpha value is -3.18. The summed E-state index contributed by atoms with van der Waals surface area (Å²) in [7, 11) is 0. The molecule has 0 saturated heterocycles. The van der Waals surface area contributed by atoms with Crippen molar-refractivity contribution in [3.63, 3.8) is 0 Å². The normalized spacial score (nSPS) is 11.2. The molecular weight excluding hydrogens is 369 g/mol. The molecule has 5 heteroatoms. The first-order valence-corrected chi connectivity index (χ1v) is 9.35. The summed E-state index contributed by atoms with van der Waals surface area (Å²) in [4.78, 5) is 12.7. The molecule has 0 aliphatic heterocycles. The zero-order valence-corrected chi connectivity index (χ0v) is 16.7. The van der Waals surface area contributed by atoms with E-state index in [-0.39, 0.29) is 12.4 Å². The highest BCUT2D eigenvalue weighted by atomic mass is 19.1. The predicted molar refractivity (Wildman–Crippen MR) is 113 cm³/mol. The lowest BCUT2D eigenvalue weighted by Crippen LogP contribution is -2.24. The molecule has 0 radical (unpaired) electrons. The molecule has 3 aromatic carbocycles. The second kappa shape index (κ2) is 8.45. The molecule has 0 amide bonds. The minimum Gasteiger partial charge on any atom is -0.456 e. The highest BCUT2D eigenvalue weighted by Crippen LogP contribution is 2.30. The lowest BCUT2D eigenvalue weighted by molar-refractivity contribution is 0.00707. The SMILES string of the molecule is CC(C)(C)OC(=O)c1ccc(-c2cccc(CO)c2)cc1Nc1ccc(F)cc1. The van der Waals surface area contributed by atoms with Gasteiger partial charge in [-0.1, -0.05) is 24.3 Å². The maximum Gasteiger partial charge on any atom is 0.340 e. The number of hydrogen-bond donors (Lipinski definition) is 2. The molecule has 0 heterocycles. The van der Waals surface area contributed by atoms with E-state index in [4.69, 9.17) is 4.74 Å². The van der Waals surface area contributed by atoms with E-state index in [9.17, 15) is 14.3 Å². The van der Waals surface area contributed by atoms with Crippen LogP contribution in [-0.2, 0) is 11.3 Å². The summed E-state index contributed by atoms with van der Waals surface area (Å²) in [6.07, 6.45) is 0. The number of benzene rings is 3. The lowest BCUT2D eigenvalue weighted by atomic mass is 10.00. The van der Waals surface area contributed by atoms with Gasteiger partial charge in [0.1, 0.15) is 11.4 Å². The third-order valence-corrected chi connectivity index (χ3v) is 4.20. The van der Waals surface area contributed by atoms with Crippen LogP contribution in [0.2, 0.25) is 0 Å². The van der Waals surface area contributed by atoms with Crippen molar-refractivity contribution in [3.8, 4) is 11.1 Å². The van der Waals surface area contributed by atoms with Crippen LogP contribution in [0.25, 0.3) is 11.1 Å². The van der Waals surface area contributed by atoms with Crippen molar-refractivity contribution in [2.45, 2.75) is 33.0 Å². The molecule has 3 rings (SSSR count). The van der Waals surface area contributed by atoms with Crippen molar-refractivity contribution in [1.82, 2.24) is 0 Å². The summed E-state index contributed by atoms with van der Waals surface area (Å²) in [6, 6.07) is 18.8. The van der Waals surface area contributed by atoms with Gasteiger partial charge in [0.15, 0.2) is 0 Å². The molecule has 150 valence electrons. The first-order chi connectivity index (χ1) is 13.7. The molecule has 4 nitrogen and oxygen atoms in total. The standard InChI is InChI=1S/C24H24FNO3/c1-24(2,3)29-23(28)21-12-7-18(17-6-4-5-16(13-17)15-27)14-22(21)26-20-10-8-19(25)9-11-20/h4-14,26-27H,15H2,1-3H3. The van der Waals surface area contributed by atoms with Crippen LogP contribution in [-0.4, -0.2) is 16.7 Å². The number of rotatable bonds is 5. The Balaban J connectivity index is 2.03. The van der Waals surface area contributed by atoms with Crippen LogP contribution in [0.4, 0.5) is 15.8 Å². The zero-order chi connectivity index (χ0) is 21.0. The quantitative estimate of drug-likeness (QED) is 0.547. The number of hydrogen-bond acceptors (Lipinski definition) is 4. The van der Waals surface area contributed by atoms with Gasteiger partial charge in [0.2, 0.25) is 0 Å². The molecule has 0 fully saturated rings. The molecule has 2 N–H and O–H groups in total. The van der Waals surface area contributed by atoms with E-state index in [1.807, 2.05) is 57.2 Å². The number of nitrogens with one attached hydrogen (secondary N) is 1. The van der Waals surface area contributed by atoms with Gasteiger partial charge >= 0.3 is 5.97 Å². The van der Waals surface area contributed by atoms with E-state index in [1.165, 1.54) is 12.1 Å². The third kappa shape index (κ3) is 5.42. The Bertz CT molecular complexity index is 1010. The monoisotopic (exact) mass is 393 g/mol. The Morgan fingerprint density at radius 1 is 1.00 bits per heavy atom. The molecule has 3 aromatic rings. The van der Waals surface area contributed by atoms with Crippen molar-refractivity contribution in [2.75, 3.05) is 5.32 Å². The Labute approximate surface area is 170 Å². The van der Waals surface area contributed by atoms with E-state index in [0.29, 0.717) is 16.9 Å². The second-order valence-corrected chi connectivity index (χ2v) is 7.75. The summed E-state index contributed by atoms with van der Waals surface area (Å²) in [5.74, 6) is -0.782. The van der Waals surface area contributed by atoms with Gasteiger partial charge in [-0.05, 0) is 79.9 Å². The van der Waals surface area contributed by atoms with E-state index in [1.54, 1.807) is 18.2 Å². The van der Waals surface area contributed by atoms with E-state index < -0.39 is 11.6 Å². The van der Waals surface area contributed by atoms with Gasteiger partial charge in [0.25, 0.3) is 0 Å². The van der Waals surface area contributed by atoms with Crippen LogP contribution in [0, 0.1) is 5.82 Å². The smallest absolute Gasteiger partial charge is 0.340 e. The average molecular weight is 393 g/mol. The molecular formula is C24H24FNO3. The predicted octanol–water partition coefficient (Wildman–Crippen LogP) is 5.68. The summed E-state index contributed by atoms with van der Waals surface area (Å²) in [6.45, 7) is 5.39. The minimum atomic E-state index is -0.627. The number of ether oxygens (including phenoxy) is 1. The van der Waals surface area contributed by atoms with Gasteiger partial charge in [0, 0.05) is 5.69 Å². The van der Waals surface area contributed by atoms with Gasteiger partial charge < -0.3 is 15.2 Å². The Kier molecular flexibility index (Phi) is 5.99. The largest absolute Gasteiger partial charge is 0.456 e. The van der Waals surface area contributed by atoms with Gasteiger partial charge in [-0.15, -0.1) is 0 Å². The first-order valence-electron chi connectivity index (χ1n) is 9.35. The molecule has 0 unspecified atom stereocenters. The van der Waals surface area contributed by atoms with E-state index in [0.717, 1.165) is 16.7 Å². The fourth-order valence-corrected chi connectivity index (χ4v) is 2.88. The van der Waals surface area contributed by atoms with Crippen LogP contribution in [0.15, 0.2) is 66.7 Å². The van der Waals surface area contributed by atoms with Crippen molar-refractivity contribution < 1.29 is 19.0 Å². The average Bonchev–Trinajstić information content (AvgIpc) is 2.68. The van der Waals surface area contributed by atoms with Crippen LogP contribution in [0.1, 0.15) is 36.7 Å². The summed E-state index contributed by atoms with van der Waals surface area (Å²) >= 11 is 0. The summed E-state index contributed by atoms with van der Waals surface area (Å²) < 4.78 is 18.8. The number of carbonyl (C=O) groups excluding carboxylic acids is 1. The first kappa shape index (κ1) is 20.6. The Morgan fingerprint density at radius 3 is 2.34 bits per heavy atom. The number of aliphatic hydroxyl groups is 1. The highest BCUT2D eigenvalue weighted by Gasteiger charge is 2.21. The van der Waals surface area contributed by atoms with Crippen LogP contribution in [0.5, 0.6) is 0 Å². The van der Waals surface area contributed by atoms with E-state index in [2.05, 4.69) is 5.32 Å². The number of aliphatic hydroxyl groups excluding tert-OH is 1. The van der Waals surface area contributed by atoms with Crippen molar-refractivity contribution >= 4 is 17.3 Å². The zero-order valence-electron chi connectivity index (χ0n) is 16.7. The molecule has 0 saturated carbocycles. The van der Waals surface area contributed by atoms with Crippen molar-refractivity contribution in [3.05, 3.63) is 83.7 Å². The van der Waals surface area contributed by atoms with Gasteiger partial charge in [-0.3, -0.25) is 0 Å². The number of anilines is 2. The molecule has 29 heavy (non-hydrogen) atoms. The van der Waals surface area contributed by atoms with Crippen molar-refractivity contribution in [1.29, 1.82) is 0 Å². The number of esters is 1. The van der Waals surface area contributed by atoms with Gasteiger partial charge in [-0.25, -0.2) is 9.18 Å². The van der Waals surface area contributed by atoms with E-state index >= 15 is 0 Å². The molecule has 0 bridgehead atoms. The van der Waals surface area contributed by atoms with Crippen LogP contribution in [0.3, 0.4) is 0 Å². The molecule has 0 aliphatic carbocycles. The van der Waals surface area contributed by atoms with Crippen LogP contribution >= 0.6 is 0 Å². The lowest BCUT2D eigenvalue weighted by Gasteiger charge is -2.21. The fraction of sp³-hybridized carbons (Fsp3) is 0.208. The molecule has 0 aromatic heterocycles. The topological polar surface area (TPSA) is 58.6 Å². The molecule has 0 atom stereocenters. The number of carbonyl (C=O) groups is 1.